The molecular weight excluding hydrogens is 520 g/mol. The molecule has 1 atom stereocenters. The fourth-order valence-electron chi connectivity index (χ4n) is 3.82. The van der Waals surface area contributed by atoms with Crippen molar-refractivity contribution in [1.82, 2.24) is 4.98 Å². The molecule has 1 unspecified atom stereocenters. The number of aromatic nitrogens is 1. The number of halogens is 1. The van der Waals surface area contributed by atoms with Gasteiger partial charge in [0.1, 0.15) is 6.61 Å². The molecule has 0 saturated carbocycles. The number of pyridine rings is 1. The van der Waals surface area contributed by atoms with E-state index >= 15 is 0 Å². The highest BCUT2D eigenvalue weighted by atomic mass is 35.5. The van der Waals surface area contributed by atoms with Crippen LogP contribution in [0.25, 0.3) is 21.6 Å². The van der Waals surface area contributed by atoms with E-state index < -0.39 is 10.0 Å². The Balaban J connectivity index is 1.29. The van der Waals surface area contributed by atoms with E-state index in [0.29, 0.717) is 42.2 Å². The number of ether oxygens (including phenoxy) is 3. The number of nitrogens with zero attached hydrogens (tertiary/aromatic N) is 1. The fourth-order valence-corrected chi connectivity index (χ4v) is 5.60. The molecule has 5 rings (SSSR count). The number of sulfonamides is 1. The molecule has 0 spiro atoms. The van der Waals surface area contributed by atoms with Crippen molar-refractivity contribution >= 4 is 38.6 Å². The number of thiophene rings is 1. The minimum atomic E-state index is -3.38. The van der Waals surface area contributed by atoms with Gasteiger partial charge < -0.3 is 14.2 Å². The second-order valence-electron chi connectivity index (χ2n) is 8.31. The van der Waals surface area contributed by atoms with E-state index in [1.807, 2.05) is 47.8 Å². The van der Waals surface area contributed by atoms with Gasteiger partial charge in [-0.15, -0.1) is 11.3 Å². The van der Waals surface area contributed by atoms with Gasteiger partial charge in [0.25, 0.3) is 5.88 Å². The lowest BCUT2D eigenvalue weighted by Crippen LogP contribution is -2.34. The van der Waals surface area contributed by atoms with Gasteiger partial charge in [-0.2, -0.15) is 0 Å². The van der Waals surface area contributed by atoms with Gasteiger partial charge in [0.2, 0.25) is 10.0 Å². The van der Waals surface area contributed by atoms with Gasteiger partial charge in [0, 0.05) is 27.9 Å². The highest BCUT2D eigenvalue weighted by Gasteiger charge is 2.26. The summed E-state index contributed by atoms with van der Waals surface area (Å²) in [5.74, 6) is 1.04. The van der Waals surface area contributed by atoms with Gasteiger partial charge in [-0.1, -0.05) is 48.0 Å². The number of hydrogen-bond donors (Lipinski definition) is 1. The minimum Gasteiger partial charge on any atom is -0.483 e. The Bertz CT molecular complexity index is 1470. The summed E-state index contributed by atoms with van der Waals surface area (Å²) < 4.78 is 43.4. The molecule has 186 valence electrons. The zero-order valence-electron chi connectivity index (χ0n) is 19.3. The maximum Gasteiger partial charge on any atom is 0.258 e. The topological polar surface area (TPSA) is 86.8 Å². The third kappa shape index (κ3) is 5.82. The molecule has 2 aromatic carbocycles. The Morgan fingerprint density at radius 1 is 1.14 bits per heavy atom. The third-order valence-electron chi connectivity index (χ3n) is 5.43. The van der Waals surface area contributed by atoms with Crippen LogP contribution in [-0.2, 0) is 21.4 Å². The molecule has 0 saturated heterocycles. The summed E-state index contributed by atoms with van der Waals surface area (Å²) in [7, 11) is -3.38. The summed E-state index contributed by atoms with van der Waals surface area (Å²) in [5, 5.41) is 2.44. The predicted octanol–water partition coefficient (Wildman–Crippen LogP) is 5.86. The van der Waals surface area contributed by atoms with Gasteiger partial charge in [-0.05, 0) is 40.8 Å². The monoisotopic (exact) mass is 542 g/mol. The zero-order chi connectivity index (χ0) is 25.1. The van der Waals surface area contributed by atoms with E-state index in [0.717, 1.165) is 33.4 Å². The van der Waals surface area contributed by atoms with Crippen LogP contribution in [0.15, 0.2) is 72.2 Å². The summed E-state index contributed by atoms with van der Waals surface area (Å²) in [6, 6.07) is 19.0. The molecule has 0 amide bonds. The van der Waals surface area contributed by atoms with Crippen LogP contribution < -0.4 is 14.2 Å². The van der Waals surface area contributed by atoms with Crippen LogP contribution in [0.2, 0.25) is 5.02 Å². The van der Waals surface area contributed by atoms with Crippen molar-refractivity contribution in [2.45, 2.75) is 12.7 Å². The van der Waals surface area contributed by atoms with Crippen molar-refractivity contribution in [2.24, 2.45) is 0 Å². The SMILES string of the molecule is CS(=O)(=O)Nc1ccc(-c2csc(-c3ccnc4c3OCC(COCc3ccccc3)O4)c2)c(Cl)c1. The molecule has 0 aliphatic carbocycles. The lowest BCUT2D eigenvalue weighted by atomic mass is 10.1. The van der Waals surface area contributed by atoms with E-state index in [1.165, 1.54) is 0 Å². The standard InChI is InChI=1S/C26H23ClN2O5S2/c1-36(30,31)29-19-7-8-21(23(27)12-19)18-11-24(35-16-18)22-9-10-28-26-25(22)33-15-20(34-26)14-32-13-17-5-3-2-4-6-17/h2-12,16,20,29H,13-15H2,1H3. The van der Waals surface area contributed by atoms with Crippen molar-refractivity contribution in [3.63, 3.8) is 0 Å². The van der Waals surface area contributed by atoms with Crippen molar-refractivity contribution < 1.29 is 22.6 Å². The molecule has 1 N–H and O–H groups in total. The van der Waals surface area contributed by atoms with Gasteiger partial charge in [-0.3, -0.25) is 4.72 Å². The number of anilines is 1. The average Bonchev–Trinajstić information content (AvgIpc) is 3.33. The molecule has 1 aliphatic heterocycles. The van der Waals surface area contributed by atoms with Crippen molar-refractivity contribution in [3.8, 4) is 33.2 Å². The maximum atomic E-state index is 11.5. The van der Waals surface area contributed by atoms with Gasteiger partial charge in [0.15, 0.2) is 11.9 Å². The van der Waals surface area contributed by atoms with Gasteiger partial charge >= 0.3 is 0 Å². The second kappa shape index (κ2) is 10.5. The van der Waals surface area contributed by atoms with Crippen molar-refractivity contribution in [1.29, 1.82) is 0 Å². The first kappa shape index (κ1) is 24.6. The molecule has 7 nitrogen and oxygen atoms in total. The molecule has 4 aromatic rings. The van der Waals surface area contributed by atoms with E-state index in [2.05, 4.69) is 9.71 Å². The molecule has 36 heavy (non-hydrogen) atoms. The van der Waals surface area contributed by atoms with Crippen LogP contribution in [0.4, 0.5) is 5.69 Å². The smallest absolute Gasteiger partial charge is 0.258 e. The highest BCUT2D eigenvalue weighted by Crippen LogP contribution is 2.43. The zero-order valence-corrected chi connectivity index (χ0v) is 21.7. The van der Waals surface area contributed by atoms with Crippen LogP contribution in [0.1, 0.15) is 5.56 Å². The average molecular weight is 543 g/mol. The summed E-state index contributed by atoms with van der Waals surface area (Å²) in [4.78, 5) is 5.34. The molecule has 2 aromatic heterocycles. The first-order chi connectivity index (χ1) is 17.4. The van der Waals surface area contributed by atoms with E-state index in [1.54, 1.807) is 35.7 Å². The molecule has 10 heteroatoms. The van der Waals surface area contributed by atoms with E-state index in [4.69, 9.17) is 25.8 Å². The largest absolute Gasteiger partial charge is 0.483 e. The maximum absolute atomic E-state index is 11.5. The predicted molar refractivity (Wildman–Crippen MR) is 142 cm³/mol. The van der Waals surface area contributed by atoms with E-state index in [-0.39, 0.29) is 6.10 Å². The first-order valence-corrected chi connectivity index (χ1v) is 14.3. The second-order valence-corrected chi connectivity index (χ2v) is 11.4. The summed E-state index contributed by atoms with van der Waals surface area (Å²) in [6.45, 7) is 1.26. The van der Waals surface area contributed by atoms with Crippen LogP contribution in [0.5, 0.6) is 11.6 Å². The molecule has 0 bridgehead atoms. The number of rotatable bonds is 8. The summed E-state index contributed by atoms with van der Waals surface area (Å²) in [5.41, 5.74) is 4.11. The molecular formula is C26H23ClN2O5S2. The number of fused-ring (bicyclic) bond motifs is 1. The highest BCUT2D eigenvalue weighted by molar-refractivity contribution is 7.92. The lowest BCUT2D eigenvalue weighted by molar-refractivity contribution is 0.0000562. The van der Waals surface area contributed by atoms with Crippen molar-refractivity contribution in [2.75, 3.05) is 24.2 Å². The Morgan fingerprint density at radius 2 is 1.97 bits per heavy atom. The number of hydrogen-bond acceptors (Lipinski definition) is 7. The van der Waals surface area contributed by atoms with Crippen LogP contribution in [0.3, 0.4) is 0 Å². The number of benzene rings is 2. The molecule has 1 aliphatic rings. The Morgan fingerprint density at radius 3 is 2.75 bits per heavy atom. The Kier molecular flexibility index (Phi) is 7.15. The van der Waals surface area contributed by atoms with Gasteiger partial charge in [-0.25, -0.2) is 13.4 Å². The summed E-state index contributed by atoms with van der Waals surface area (Å²) >= 11 is 8.01. The molecule has 0 fully saturated rings. The quantitative estimate of drug-likeness (QED) is 0.300. The van der Waals surface area contributed by atoms with E-state index in [9.17, 15) is 8.42 Å². The summed E-state index contributed by atoms with van der Waals surface area (Å²) in [6.07, 6.45) is 2.55. The van der Waals surface area contributed by atoms with Crippen molar-refractivity contribution in [3.05, 3.63) is 82.8 Å². The lowest BCUT2D eigenvalue weighted by Gasteiger charge is -2.26. The van der Waals surface area contributed by atoms with Gasteiger partial charge in [0.05, 0.1) is 24.5 Å². The van der Waals surface area contributed by atoms with Crippen LogP contribution in [-0.4, -0.2) is 39.0 Å². The molecule has 0 radical (unpaired) electrons. The fraction of sp³-hybridized carbons (Fsp3) is 0.192. The Labute approximate surface area is 218 Å². The normalized spacial score (nSPS) is 15.0. The Hall–Kier alpha value is -3.11. The first-order valence-electron chi connectivity index (χ1n) is 11.1. The minimum absolute atomic E-state index is 0.249. The number of nitrogens with one attached hydrogen (secondary N) is 1. The third-order valence-corrected chi connectivity index (χ3v) is 7.31. The van der Waals surface area contributed by atoms with Crippen LogP contribution >= 0.6 is 22.9 Å². The molecule has 3 heterocycles. The van der Waals surface area contributed by atoms with Crippen LogP contribution in [0, 0.1) is 0 Å².